The molecule has 240 valence electrons. The smallest absolute Gasteiger partial charge is 0.410 e. The Morgan fingerprint density at radius 3 is 2.51 bits per heavy atom. The molecule has 0 aliphatic carbocycles. The molecule has 4 heterocycles. The summed E-state index contributed by atoms with van der Waals surface area (Å²) >= 11 is 0. The number of epoxide rings is 1. The molecule has 0 aromatic carbocycles. The lowest BCUT2D eigenvalue weighted by molar-refractivity contribution is -0.143. The fourth-order valence-corrected chi connectivity index (χ4v) is 6.26. The van der Waals surface area contributed by atoms with Gasteiger partial charge in [0, 0.05) is 32.0 Å². The summed E-state index contributed by atoms with van der Waals surface area (Å²) < 4.78 is 23.4. The Morgan fingerprint density at radius 2 is 1.84 bits per heavy atom. The van der Waals surface area contributed by atoms with E-state index in [1.807, 2.05) is 26.0 Å². The van der Waals surface area contributed by atoms with E-state index >= 15 is 0 Å². The van der Waals surface area contributed by atoms with E-state index in [0.717, 1.165) is 50.8 Å². The van der Waals surface area contributed by atoms with Crippen LogP contribution < -0.4 is 5.32 Å². The Balaban J connectivity index is 1.21. The minimum atomic E-state index is -0.762. The van der Waals surface area contributed by atoms with E-state index in [2.05, 4.69) is 18.3 Å². The van der Waals surface area contributed by atoms with Crippen LogP contribution >= 0.6 is 0 Å². The minimum Gasteiger partial charge on any atom is -0.442 e. The van der Waals surface area contributed by atoms with Gasteiger partial charge < -0.3 is 34.3 Å². The second-order valence-electron chi connectivity index (χ2n) is 12.9. The molecule has 4 saturated heterocycles. The van der Waals surface area contributed by atoms with Gasteiger partial charge in [0.05, 0.1) is 31.0 Å². The van der Waals surface area contributed by atoms with Gasteiger partial charge in [0.1, 0.15) is 29.7 Å². The molecule has 2 amide bonds. The van der Waals surface area contributed by atoms with E-state index in [4.69, 9.17) is 18.9 Å². The number of carbonyl (C=O) groups excluding carboxylic acids is 3. The average molecular weight is 603 g/mol. The first-order valence-corrected chi connectivity index (χ1v) is 15.9. The van der Waals surface area contributed by atoms with Crippen LogP contribution in [0.5, 0.6) is 0 Å². The number of aliphatic hydroxyl groups is 1. The van der Waals surface area contributed by atoms with E-state index in [1.165, 1.54) is 6.08 Å². The number of nitrogens with one attached hydrogen (secondary N) is 1. The van der Waals surface area contributed by atoms with E-state index in [0.29, 0.717) is 19.4 Å². The molecule has 2 N–H and O–H groups in total. The third-order valence-corrected chi connectivity index (χ3v) is 8.99. The van der Waals surface area contributed by atoms with E-state index in [9.17, 15) is 19.5 Å². The number of likely N-dealkylation sites (tertiary alicyclic amines) is 1. The Bertz CT molecular complexity index is 1080. The number of nitrogens with zero attached hydrogens (tertiary/aromatic N) is 1. The number of rotatable bonds is 10. The van der Waals surface area contributed by atoms with Crippen LogP contribution in [0, 0.1) is 5.92 Å². The summed E-state index contributed by atoms with van der Waals surface area (Å²) in [6, 6.07) is -0.121. The van der Waals surface area contributed by atoms with E-state index < -0.39 is 23.9 Å². The molecule has 0 radical (unpaired) electrons. The van der Waals surface area contributed by atoms with Crippen molar-refractivity contribution in [2.45, 2.75) is 128 Å². The standard InChI is InChI=1S/C33H50N2O8/c1-21(10-13-29-31(38)33(20-40-33)19-26(43-29)18-23(3)36)9-12-28-22(2)17-27(25(5)42-28)34-30(37)14-11-24(4)41-32(39)35-15-7-6-8-16-35/h9-11,13-14,22,24-29,31,38H,6-8,12,15-20H2,1-5H3,(H,34,37)/b13-10+,14-11-,21-9+/t22-,24+,25-,26-,27-,28+,29-,31-,33-/m1/s1. The maximum Gasteiger partial charge on any atom is 0.410 e. The number of ketones is 1. The number of Topliss-reactive ketones (excluding diaryl/α,β-unsaturated/α-hetero) is 1. The van der Waals surface area contributed by atoms with Crippen molar-refractivity contribution in [3.8, 4) is 0 Å². The van der Waals surface area contributed by atoms with Gasteiger partial charge in [-0.3, -0.25) is 9.59 Å². The molecule has 4 fully saturated rings. The lowest BCUT2D eigenvalue weighted by atomic mass is 9.87. The number of carbonyl (C=O) groups is 3. The van der Waals surface area contributed by atoms with Crippen LogP contribution in [0.3, 0.4) is 0 Å². The van der Waals surface area contributed by atoms with Gasteiger partial charge in [0.15, 0.2) is 0 Å². The molecular weight excluding hydrogens is 552 g/mol. The Hall–Kier alpha value is -2.53. The molecule has 0 bridgehead atoms. The van der Waals surface area contributed by atoms with Crippen molar-refractivity contribution in [1.29, 1.82) is 0 Å². The zero-order valence-electron chi connectivity index (χ0n) is 26.3. The number of hydrogen-bond donors (Lipinski definition) is 2. The Kier molecular flexibility index (Phi) is 11.6. The second kappa shape index (κ2) is 15.0. The van der Waals surface area contributed by atoms with Crippen LogP contribution in [0.15, 0.2) is 36.0 Å². The lowest BCUT2D eigenvalue weighted by Crippen LogP contribution is -2.50. The van der Waals surface area contributed by atoms with Crippen LogP contribution in [-0.2, 0) is 28.5 Å². The molecule has 4 aliphatic heterocycles. The number of allylic oxidation sites excluding steroid dienone is 2. The number of aliphatic hydroxyl groups excluding tert-OH is 1. The topological polar surface area (TPSA) is 127 Å². The molecule has 0 saturated carbocycles. The van der Waals surface area contributed by atoms with Gasteiger partial charge in [-0.2, -0.15) is 0 Å². The summed E-state index contributed by atoms with van der Waals surface area (Å²) in [5, 5.41) is 13.8. The quantitative estimate of drug-likeness (QED) is 0.218. The van der Waals surface area contributed by atoms with Gasteiger partial charge in [0.2, 0.25) is 5.91 Å². The predicted molar refractivity (Wildman–Crippen MR) is 161 cm³/mol. The van der Waals surface area contributed by atoms with Crippen molar-refractivity contribution in [2.24, 2.45) is 5.92 Å². The monoisotopic (exact) mass is 602 g/mol. The Morgan fingerprint density at radius 1 is 1.12 bits per heavy atom. The average Bonchev–Trinajstić information content (AvgIpc) is 3.74. The molecule has 0 aromatic heterocycles. The van der Waals surface area contributed by atoms with Crippen LogP contribution in [-0.4, -0.2) is 95.8 Å². The maximum absolute atomic E-state index is 12.6. The van der Waals surface area contributed by atoms with Crippen LogP contribution in [0.25, 0.3) is 0 Å². The summed E-state index contributed by atoms with van der Waals surface area (Å²) in [6.45, 7) is 11.3. The first-order chi connectivity index (χ1) is 20.5. The minimum absolute atomic E-state index is 0.0101. The van der Waals surface area contributed by atoms with Crippen LogP contribution in [0.1, 0.15) is 79.6 Å². The van der Waals surface area contributed by atoms with Gasteiger partial charge in [-0.05, 0) is 71.8 Å². The molecule has 4 aliphatic rings. The third kappa shape index (κ3) is 9.48. The van der Waals surface area contributed by atoms with E-state index in [-0.39, 0.29) is 48.1 Å². The summed E-state index contributed by atoms with van der Waals surface area (Å²) in [4.78, 5) is 38.2. The molecule has 4 rings (SSSR count). The van der Waals surface area contributed by atoms with Crippen molar-refractivity contribution in [3.05, 3.63) is 36.0 Å². The normalized spacial score (nSPS) is 35.7. The van der Waals surface area contributed by atoms with Crippen molar-refractivity contribution in [2.75, 3.05) is 19.7 Å². The van der Waals surface area contributed by atoms with Crippen molar-refractivity contribution in [3.63, 3.8) is 0 Å². The third-order valence-electron chi connectivity index (χ3n) is 8.99. The number of hydrogen-bond acceptors (Lipinski definition) is 8. The second-order valence-corrected chi connectivity index (χ2v) is 12.9. The fourth-order valence-electron chi connectivity index (χ4n) is 6.26. The number of piperidine rings is 1. The highest BCUT2D eigenvalue weighted by atomic mass is 16.6. The van der Waals surface area contributed by atoms with Gasteiger partial charge in [-0.25, -0.2) is 4.79 Å². The maximum atomic E-state index is 12.6. The zero-order chi connectivity index (χ0) is 31.1. The molecule has 9 atom stereocenters. The first kappa shape index (κ1) is 33.4. The predicted octanol–water partition coefficient (Wildman–Crippen LogP) is 4.01. The summed E-state index contributed by atoms with van der Waals surface area (Å²) in [7, 11) is 0. The molecule has 0 aromatic rings. The summed E-state index contributed by atoms with van der Waals surface area (Å²) in [6.07, 6.45) is 11.9. The molecule has 43 heavy (non-hydrogen) atoms. The highest BCUT2D eigenvalue weighted by molar-refractivity contribution is 5.87. The zero-order valence-corrected chi connectivity index (χ0v) is 26.3. The highest BCUT2D eigenvalue weighted by Crippen LogP contribution is 2.43. The van der Waals surface area contributed by atoms with Crippen molar-refractivity contribution < 1.29 is 38.4 Å². The number of amides is 2. The van der Waals surface area contributed by atoms with Gasteiger partial charge in [-0.1, -0.05) is 30.7 Å². The van der Waals surface area contributed by atoms with Gasteiger partial charge in [-0.15, -0.1) is 0 Å². The molecular formula is C33H50N2O8. The van der Waals surface area contributed by atoms with Gasteiger partial charge in [0.25, 0.3) is 0 Å². The first-order valence-electron chi connectivity index (χ1n) is 15.9. The highest BCUT2D eigenvalue weighted by Gasteiger charge is 2.58. The lowest BCUT2D eigenvalue weighted by Gasteiger charge is -2.39. The molecule has 10 heteroatoms. The molecule has 0 unspecified atom stereocenters. The van der Waals surface area contributed by atoms with E-state index in [1.54, 1.807) is 24.8 Å². The van der Waals surface area contributed by atoms with Crippen molar-refractivity contribution in [1.82, 2.24) is 10.2 Å². The number of ether oxygens (including phenoxy) is 4. The Labute approximate surface area is 255 Å². The van der Waals surface area contributed by atoms with Crippen LogP contribution in [0.4, 0.5) is 4.79 Å². The summed E-state index contributed by atoms with van der Waals surface area (Å²) in [5.41, 5.74) is 0.431. The van der Waals surface area contributed by atoms with Crippen LogP contribution in [0.2, 0.25) is 0 Å². The SMILES string of the molecule is CC(=O)C[C@@H]1C[C@@]2(CO2)[C@H](O)[C@@H](/C=C/C(C)=C/C[C@@H]2O[C@H](C)[C@H](NC(=O)/C=C\[C@H](C)OC(=O)N3CCCCC3)C[C@H]2C)O1. The summed E-state index contributed by atoms with van der Waals surface area (Å²) in [5.74, 6) is 0.0556. The fraction of sp³-hybridized carbons (Fsp3) is 0.727. The molecule has 1 spiro atoms. The molecule has 10 nitrogen and oxygen atoms in total. The largest absolute Gasteiger partial charge is 0.442 e. The van der Waals surface area contributed by atoms with Gasteiger partial charge >= 0.3 is 6.09 Å². The van der Waals surface area contributed by atoms with Crippen molar-refractivity contribution >= 4 is 17.8 Å².